The van der Waals surface area contributed by atoms with Crippen LogP contribution in [-0.2, 0) is 19.6 Å². The SMILES string of the molecule is CSc1c(O)ccc(CO)c1CNC(C)(C)Cc1ccccc1. The Kier molecular flexibility index (Phi) is 6.10. The average molecular weight is 331 g/mol. The van der Waals surface area contributed by atoms with Gasteiger partial charge in [0.1, 0.15) is 5.75 Å². The zero-order chi connectivity index (χ0) is 16.9. The predicted octanol–water partition coefficient (Wildman–Crippen LogP) is 3.72. The minimum atomic E-state index is -0.0881. The van der Waals surface area contributed by atoms with E-state index in [4.69, 9.17) is 0 Å². The molecule has 0 unspecified atom stereocenters. The van der Waals surface area contributed by atoms with E-state index < -0.39 is 0 Å². The molecule has 0 amide bonds. The van der Waals surface area contributed by atoms with Gasteiger partial charge in [-0.05, 0) is 49.3 Å². The lowest BCUT2D eigenvalue weighted by molar-refractivity contribution is 0.278. The fourth-order valence-corrected chi connectivity index (χ4v) is 3.45. The largest absolute Gasteiger partial charge is 0.507 e. The molecular formula is C19H25NO2S. The zero-order valence-corrected chi connectivity index (χ0v) is 14.8. The highest BCUT2D eigenvalue weighted by atomic mass is 32.2. The molecule has 0 aliphatic carbocycles. The number of benzene rings is 2. The van der Waals surface area contributed by atoms with Crippen LogP contribution in [0, 0.1) is 0 Å². The highest BCUT2D eigenvalue weighted by molar-refractivity contribution is 7.98. The molecule has 0 radical (unpaired) electrons. The summed E-state index contributed by atoms with van der Waals surface area (Å²) in [6, 6.07) is 13.8. The summed E-state index contributed by atoms with van der Waals surface area (Å²) in [5.74, 6) is 0.271. The van der Waals surface area contributed by atoms with Gasteiger partial charge in [-0.3, -0.25) is 0 Å². The first kappa shape index (κ1) is 17.9. The van der Waals surface area contributed by atoms with Gasteiger partial charge in [-0.2, -0.15) is 0 Å². The van der Waals surface area contributed by atoms with Crippen molar-refractivity contribution in [2.24, 2.45) is 0 Å². The van der Waals surface area contributed by atoms with E-state index in [1.807, 2.05) is 12.3 Å². The van der Waals surface area contributed by atoms with E-state index in [9.17, 15) is 10.2 Å². The molecule has 2 aromatic carbocycles. The summed E-state index contributed by atoms with van der Waals surface area (Å²) in [6.45, 7) is 4.92. The number of thioether (sulfide) groups is 1. The third-order valence-electron chi connectivity index (χ3n) is 3.94. The monoisotopic (exact) mass is 331 g/mol. The van der Waals surface area contributed by atoms with Gasteiger partial charge in [-0.1, -0.05) is 36.4 Å². The lowest BCUT2D eigenvalue weighted by atomic mass is 9.94. The number of nitrogens with one attached hydrogen (secondary N) is 1. The van der Waals surface area contributed by atoms with Crippen LogP contribution in [0.2, 0.25) is 0 Å². The first-order valence-corrected chi connectivity index (χ1v) is 8.97. The highest BCUT2D eigenvalue weighted by Gasteiger charge is 2.20. The van der Waals surface area contributed by atoms with Gasteiger partial charge >= 0.3 is 0 Å². The third-order valence-corrected chi connectivity index (χ3v) is 4.81. The molecule has 0 saturated carbocycles. The van der Waals surface area contributed by atoms with Gasteiger partial charge in [-0.25, -0.2) is 0 Å². The number of aromatic hydroxyl groups is 1. The highest BCUT2D eigenvalue weighted by Crippen LogP contribution is 2.33. The number of hydrogen-bond donors (Lipinski definition) is 3. The molecule has 0 aromatic heterocycles. The molecule has 2 aromatic rings. The van der Waals surface area contributed by atoms with Gasteiger partial charge in [0.25, 0.3) is 0 Å². The van der Waals surface area contributed by atoms with E-state index in [0.717, 1.165) is 22.4 Å². The van der Waals surface area contributed by atoms with Crippen LogP contribution in [0.15, 0.2) is 47.4 Å². The van der Waals surface area contributed by atoms with E-state index in [2.05, 4.69) is 43.4 Å². The molecule has 124 valence electrons. The Morgan fingerprint density at radius 1 is 1.09 bits per heavy atom. The summed E-state index contributed by atoms with van der Waals surface area (Å²) >= 11 is 1.51. The summed E-state index contributed by atoms with van der Waals surface area (Å²) in [5.41, 5.74) is 3.03. The fraction of sp³-hybridized carbons (Fsp3) is 0.368. The number of phenolic OH excluding ortho intramolecular Hbond substituents is 1. The molecule has 2 rings (SSSR count). The summed E-state index contributed by atoms with van der Waals surface area (Å²) in [7, 11) is 0. The second-order valence-electron chi connectivity index (χ2n) is 6.31. The molecule has 0 aliphatic heterocycles. The molecule has 0 heterocycles. The third kappa shape index (κ3) is 4.74. The molecule has 3 nitrogen and oxygen atoms in total. The van der Waals surface area contributed by atoms with Crippen LogP contribution in [0.4, 0.5) is 0 Å². The molecule has 23 heavy (non-hydrogen) atoms. The van der Waals surface area contributed by atoms with Crippen LogP contribution in [0.5, 0.6) is 5.75 Å². The van der Waals surface area contributed by atoms with Crippen molar-refractivity contribution < 1.29 is 10.2 Å². The first-order chi connectivity index (χ1) is 11.0. The summed E-state index contributed by atoms with van der Waals surface area (Å²) in [5, 5.41) is 23.2. The Labute approximate surface area is 142 Å². The number of hydrogen-bond acceptors (Lipinski definition) is 4. The maximum atomic E-state index is 10.0. The van der Waals surface area contributed by atoms with E-state index in [0.29, 0.717) is 6.54 Å². The Hall–Kier alpha value is -1.49. The van der Waals surface area contributed by atoms with Crippen molar-refractivity contribution in [2.75, 3.05) is 6.26 Å². The molecule has 0 spiro atoms. The van der Waals surface area contributed by atoms with Gasteiger partial charge in [0.05, 0.1) is 11.5 Å². The smallest absolute Gasteiger partial charge is 0.129 e. The Balaban J connectivity index is 2.14. The Morgan fingerprint density at radius 3 is 2.39 bits per heavy atom. The Bertz CT molecular complexity index is 641. The average Bonchev–Trinajstić information content (AvgIpc) is 2.53. The molecule has 0 bridgehead atoms. The maximum Gasteiger partial charge on any atom is 0.129 e. The van der Waals surface area contributed by atoms with Crippen molar-refractivity contribution >= 4 is 11.8 Å². The second-order valence-corrected chi connectivity index (χ2v) is 7.13. The fourth-order valence-electron chi connectivity index (χ4n) is 2.72. The van der Waals surface area contributed by atoms with E-state index in [1.165, 1.54) is 17.3 Å². The first-order valence-electron chi connectivity index (χ1n) is 7.74. The molecule has 4 heteroatoms. The zero-order valence-electron chi connectivity index (χ0n) is 14.0. The maximum absolute atomic E-state index is 10.0. The van der Waals surface area contributed by atoms with Gasteiger partial charge < -0.3 is 15.5 Å². The molecule has 0 fully saturated rings. The van der Waals surface area contributed by atoms with Crippen molar-refractivity contribution in [3.8, 4) is 5.75 Å². The van der Waals surface area contributed by atoms with Gasteiger partial charge in [-0.15, -0.1) is 11.8 Å². The number of aliphatic hydroxyl groups excluding tert-OH is 1. The topological polar surface area (TPSA) is 52.5 Å². The minimum Gasteiger partial charge on any atom is -0.507 e. The standard InChI is InChI=1S/C19H25NO2S/c1-19(2,11-14-7-5-4-6-8-14)20-12-16-15(13-21)9-10-17(22)18(16)23-3/h4-10,20-22H,11-13H2,1-3H3. The van der Waals surface area contributed by atoms with Crippen LogP contribution >= 0.6 is 11.8 Å². The lowest BCUT2D eigenvalue weighted by Gasteiger charge is -2.28. The molecular weight excluding hydrogens is 306 g/mol. The van der Waals surface area contributed by atoms with Crippen molar-refractivity contribution in [3.05, 3.63) is 59.2 Å². The molecule has 0 atom stereocenters. The predicted molar refractivity (Wildman–Crippen MR) is 96.9 cm³/mol. The summed E-state index contributed by atoms with van der Waals surface area (Å²) in [4.78, 5) is 0.833. The van der Waals surface area contributed by atoms with E-state index >= 15 is 0 Å². The minimum absolute atomic E-state index is 0.0238. The number of phenols is 1. The van der Waals surface area contributed by atoms with Gasteiger partial charge in [0.15, 0.2) is 0 Å². The van der Waals surface area contributed by atoms with Crippen molar-refractivity contribution in [3.63, 3.8) is 0 Å². The normalized spacial score (nSPS) is 11.7. The van der Waals surface area contributed by atoms with E-state index in [1.54, 1.807) is 12.1 Å². The van der Waals surface area contributed by atoms with Crippen LogP contribution in [-0.4, -0.2) is 22.0 Å². The number of aliphatic hydroxyl groups is 1. The number of rotatable bonds is 7. The summed E-state index contributed by atoms with van der Waals surface area (Å²) < 4.78 is 0. The van der Waals surface area contributed by atoms with Crippen LogP contribution in [0.1, 0.15) is 30.5 Å². The quantitative estimate of drug-likeness (QED) is 0.677. The second kappa shape index (κ2) is 7.86. The summed E-state index contributed by atoms with van der Waals surface area (Å²) in [6.07, 6.45) is 2.85. The van der Waals surface area contributed by atoms with Crippen LogP contribution in [0.25, 0.3) is 0 Å². The molecule has 3 N–H and O–H groups in total. The van der Waals surface area contributed by atoms with Crippen molar-refractivity contribution in [1.82, 2.24) is 5.32 Å². The molecule has 0 aliphatic rings. The van der Waals surface area contributed by atoms with E-state index in [-0.39, 0.29) is 17.9 Å². The van der Waals surface area contributed by atoms with Gasteiger partial charge in [0.2, 0.25) is 0 Å². The van der Waals surface area contributed by atoms with Crippen molar-refractivity contribution in [2.45, 2.75) is 43.9 Å². The van der Waals surface area contributed by atoms with Crippen LogP contribution < -0.4 is 5.32 Å². The van der Waals surface area contributed by atoms with Gasteiger partial charge in [0, 0.05) is 12.1 Å². The Morgan fingerprint density at radius 2 is 1.78 bits per heavy atom. The van der Waals surface area contributed by atoms with Crippen molar-refractivity contribution in [1.29, 1.82) is 0 Å². The molecule has 0 saturated heterocycles. The lowest BCUT2D eigenvalue weighted by Crippen LogP contribution is -2.41. The van der Waals surface area contributed by atoms with Crippen LogP contribution in [0.3, 0.4) is 0 Å².